The maximum atomic E-state index is 11.4. The summed E-state index contributed by atoms with van der Waals surface area (Å²) in [7, 11) is 4.01. The van der Waals surface area contributed by atoms with Gasteiger partial charge < -0.3 is 15.0 Å². The molecule has 4 nitrogen and oxygen atoms in total. The second-order valence-corrected chi connectivity index (χ2v) is 5.26. The van der Waals surface area contributed by atoms with Crippen molar-refractivity contribution in [2.45, 2.75) is 6.92 Å². The van der Waals surface area contributed by atoms with Crippen molar-refractivity contribution in [3.63, 3.8) is 0 Å². The van der Waals surface area contributed by atoms with E-state index in [4.69, 9.17) is 4.74 Å². The second-order valence-electron chi connectivity index (χ2n) is 5.26. The third kappa shape index (κ3) is 4.12. The summed E-state index contributed by atoms with van der Waals surface area (Å²) in [5.41, 5.74) is 3.45. The molecule has 1 N–H and O–H groups in total. The van der Waals surface area contributed by atoms with Gasteiger partial charge >= 0.3 is 5.97 Å². The Kier molecular flexibility index (Phi) is 4.84. The Labute approximate surface area is 131 Å². The van der Waals surface area contributed by atoms with E-state index in [-0.39, 0.29) is 0 Å². The van der Waals surface area contributed by atoms with Crippen LogP contribution in [0.15, 0.2) is 60.7 Å². The predicted octanol–water partition coefficient (Wildman–Crippen LogP) is 3.98. The van der Waals surface area contributed by atoms with Gasteiger partial charge in [0.1, 0.15) is 5.75 Å². The van der Waals surface area contributed by atoms with Gasteiger partial charge in [-0.05, 0) is 55.5 Å². The zero-order chi connectivity index (χ0) is 16.1. The Balaban J connectivity index is 2.01. The zero-order valence-electron chi connectivity index (χ0n) is 13.1. The molecule has 0 bridgehead atoms. The van der Waals surface area contributed by atoms with E-state index in [1.165, 1.54) is 0 Å². The first-order valence-electron chi connectivity index (χ1n) is 6.98. The summed E-state index contributed by atoms with van der Waals surface area (Å²) in [6, 6.07) is 15.3. The molecule has 0 aromatic heterocycles. The highest BCUT2D eigenvalue weighted by Crippen LogP contribution is 2.22. The lowest BCUT2D eigenvalue weighted by molar-refractivity contribution is -0.130. The molecule has 0 fully saturated rings. The number of carbonyl (C=O) groups excluding carboxylic acids is 1. The number of nitrogens with zero attached hydrogens (tertiary/aromatic N) is 1. The van der Waals surface area contributed by atoms with Gasteiger partial charge in [-0.2, -0.15) is 0 Å². The Morgan fingerprint density at radius 1 is 1.00 bits per heavy atom. The highest BCUT2D eigenvalue weighted by Gasteiger charge is 2.05. The molecule has 2 rings (SSSR count). The highest BCUT2D eigenvalue weighted by atomic mass is 16.5. The smallest absolute Gasteiger partial charge is 0.338 e. The largest absolute Gasteiger partial charge is 0.423 e. The Morgan fingerprint density at radius 3 is 1.95 bits per heavy atom. The summed E-state index contributed by atoms with van der Waals surface area (Å²) in [5.74, 6) is 0.0847. The van der Waals surface area contributed by atoms with E-state index in [1.807, 2.05) is 50.5 Å². The molecule has 0 amide bonds. The molecule has 0 unspecified atom stereocenters. The van der Waals surface area contributed by atoms with Gasteiger partial charge in [0.2, 0.25) is 0 Å². The lowest BCUT2D eigenvalue weighted by Gasteiger charge is -2.13. The van der Waals surface area contributed by atoms with E-state index in [0.29, 0.717) is 11.3 Å². The van der Waals surface area contributed by atoms with E-state index in [0.717, 1.165) is 17.1 Å². The van der Waals surface area contributed by atoms with Crippen molar-refractivity contribution < 1.29 is 9.53 Å². The SMILES string of the molecule is C=C(C)C(=O)Oc1ccc(Nc2ccc(N(C)C)cc2)cc1. The van der Waals surface area contributed by atoms with E-state index in [2.05, 4.69) is 16.8 Å². The Bertz CT molecular complexity index is 658. The summed E-state index contributed by atoms with van der Waals surface area (Å²) in [5, 5.41) is 3.30. The topological polar surface area (TPSA) is 41.6 Å². The van der Waals surface area contributed by atoms with Crippen molar-refractivity contribution >= 4 is 23.0 Å². The Hall–Kier alpha value is -2.75. The van der Waals surface area contributed by atoms with Crippen molar-refractivity contribution in [3.8, 4) is 5.75 Å². The molecule has 2 aromatic rings. The van der Waals surface area contributed by atoms with Crippen LogP contribution in [0.5, 0.6) is 5.75 Å². The van der Waals surface area contributed by atoms with E-state index in [9.17, 15) is 4.79 Å². The molecule has 114 valence electrons. The molecular formula is C18H20N2O2. The van der Waals surface area contributed by atoms with Gasteiger partial charge in [-0.3, -0.25) is 0 Å². The molecule has 0 aliphatic heterocycles. The lowest BCUT2D eigenvalue weighted by atomic mass is 10.2. The minimum Gasteiger partial charge on any atom is -0.423 e. The van der Waals surface area contributed by atoms with Crippen LogP contribution in [0.2, 0.25) is 0 Å². The number of nitrogens with one attached hydrogen (secondary N) is 1. The van der Waals surface area contributed by atoms with Crippen LogP contribution in [-0.2, 0) is 4.79 Å². The number of hydrogen-bond donors (Lipinski definition) is 1. The fourth-order valence-corrected chi connectivity index (χ4v) is 1.81. The van der Waals surface area contributed by atoms with Gasteiger partial charge in [-0.15, -0.1) is 0 Å². The summed E-state index contributed by atoms with van der Waals surface area (Å²) >= 11 is 0. The van der Waals surface area contributed by atoms with Gasteiger partial charge in [-0.25, -0.2) is 4.79 Å². The lowest BCUT2D eigenvalue weighted by Crippen LogP contribution is -2.08. The van der Waals surface area contributed by atoms with Crippen LogP contribution in [0.1, 0.15) is 6.92 Å². The number of carbonyl (C=O) groups is 1. The van der Waals surface area contributed by atoms with Crippen LogP contribution in [-0.4, -0.2) is 20.1 Å². The van der Waals surface area contributed by atoms with Crippen molar-refractivity contribution in [1.82, 2.24) is 0 Å². The number of esters is 1. The quantitative estimate of drug-likeness (QED) is 0.515. The van der Waals surface area contributed by atoms with Crippen LogP contribution >= 0.6 is 0 Å². The van der Waals surface area contributed by atoms with Crippen molar-refractivity contribution in [1.29, 1.82) is 0 Å². The average Bonchev–Trinajstić information content (AvgIpc) is 2.49. The third-order valence-electron chi connectivity index (χ3n) is 3.09. The number of ether oxygens (including phenoxy) is 1. The molecule has 0 heterocycles. The number of hydrogen-bond acceptors (Lipinski definition) is 4. The molecule has 4 heteroatoms. The van der Waals surface area contributed by atoms with Crippen LogP contribution in [0.25, 0.3) is 0 Å². The van der Waals surface area contributed by atoms with Crippen LogP contribution in [0.3, 0.4) is 0 Å². The first kappa shape index (κ1) is 15.6. The molecule has 0 saturated carbocycles. The first-order valence-corrected chi connectivity index (χ1v) is 6.98. The molecule has 0 atom stereocenters. The van der Waals surface area contributed by atoms with E-state index < -0.39 is 5.97 Å². The van der Waals surface area contributed by atoms with Crippen LogP contribution in [0, 0.1) is 0 Å². The first-order chi connectivity index (χ1) is 10.5. The number of rotatable bonds is 5. The molecule has 0 aliphatic rings. The van der Waals surface area contributed by atoms with E-state index in [1.54, 1.807) is 19.1 Å². The molecule has 2 aromatic carbocycles. The van der Waals surface area contributed by atoms with Crippen molar-refractivity contribution in [2.24, 2.45) is 0 Å². The summed E-state index contributed by atoms with van der Waals surface area (Å²) in [6.45, 7) is 5.17. The highest BCUT2D eigenvalue weighted by molar-refractivity contribution is 5.88. The van der Waals surface area contributed by atoms with Gasteiger partial charge in [-0.1, -0.05) is 6.58 Å². The maximum absolute atomic E-state index is 11.4. The third-order valence-corrected chi connectivity index (χ3v) is 3.09. The minimum atomic E-state index is -0.417. The van der Waals surface area contributed by atoms with Gasteiger partial charge in [0, 0.05) is 36.7 Å². The van der Waals surface area contributed by atoms with Gasteiger partial charge in [0.25, 0.3) is 0 Å². The maximum Gasteiger partial charge on any atom is 0.338 e. The molecule has 0 aliphatic carbocycles. The molecular weight excluding hydrogens is 276 g/mol. The fraction of sp³-hybridized carbons (Fsp3) is 0.167. The zero-order valence-corrected chi connectivity index (χ0v) is 13.1. The Morgan fingerprint density at radius 2 is 1.50 bits per heavy atom. The average molecular weight is 296 g/mol. The molecule has 0 radical (unpaired) electrons. The molecule has 0 spiro atoms. The van der Waals surface area contributed by atoms with Crippen molar-refractivity contribution in [2.75, 3.05) is 24.3 Å². The second kappa shape index (κ2) is 6.80. The molecule has 22 heavy (non-hydrogen) atoms. The summed E-state index contributed by atoms with van der Waals surface area (Å²) in [4.78, 5) is 13.5. The minimum absolute atomic E-state index is 0.378. The predicted molar refractivity (Wildman–Crippen MR) is 90.9 cm³/mol. The van der Waals surface area contributed by atoms with Crippen molar-refractivity contribution in [3.05, 3.63) is 60.7 Å². The summed E-state index contributed by atoms with van der Waals surface area (Å²) in [6.07, 6.45) is 0. The van der Waals surface area contributed by atoms with Gasteiger partial charge in [0.05, 0.1) is 0 Å². The number of anilines is 3. The van der Waals surface area contributed by atoms with Crippen LogP contribution < -0.4 is 15.0 Å². The van der Waals surface area contributed by atoms with E-state index >= 15 is 0 Å². The summed E-state index contributed by atoms with van der Waals surface area (Å²) < 4.78 is 5.15. The van der Waals surface area contributed by atoms with Gasteiger partial charge in [0.15, 0.2) is 0 Å². The fourth-order valence-electron chi connectivity index (χ4n) is 1.81. The molecule has 0 saturated heterocycles. The van der Waals surface area contributed by atoms with Crippen LogP contribution in [0.4, 0.5) is 17.1 Å². The normalized spacial score (nSPS) is 9.95. The standard InChI is InChI=1S/C18H20N2O2/c1-13(2)18(21)22-17-11-7-15(8-12-17)19-14-5-9-16(10-6-14)20(3)4/h5-12,19H,1H2,2-4H3. The monoisotopic (exact) mass is 296 g/mol. The number of benzene rings is 2.